The molecular weight excluding hydrogens is 322 g/mol. The number of hydrogen-bond donors (Lipinski definition) is 1. The van der Waals surface area contributed by atoms with Crippen LogP contribution in [-0.2, 0) is 11.3 Å². The quantitative estimate of drug-likeness (QED) is 0.926. The molecule has 0 spiro atoms. The van der Waals surface area contributed by atoms with Crippen LogP contribution >= 0.6 is 11.3 Å². The Hall–Kier alpha value is -1.95. The molecule has 1 aliphatic rings. The molecule has 6 heteroatoms. The van der Waals surface area contributed by atoms with Crippen molar-refractivity contribution in [2.75, 3.05) is 0 Å². The summed E-state index contributed by atoms with van der Waals surface area (Å²) in [5, 5.41) is 7.43. The fourth-order valence-corrected chi connectivity index (χ4v) is 4.02. The number of nitrogens with zero attached hydrogens (tertiary/aromatic N) is 2. The summed E-state index contributed by atoms with van der Waals surface area (Å²) in [6, 6.07) is 7.42. The van der Waals surface area contributed by atoms with Crippen molar-refractivity contribution in [1.29, 1.82) is 0 Å². The van der Waals surface area contributed by atoms with Crippen LogP contribution in [0.2, 0.25) is 0 Å². The number of aryl methyl sites for hydroxylation is 1. The largest absolute Gasteiger partial charge is 0.351 e. The van der Waals surface area contributed by atoms with E-state index < -0.39 is 0 Å². The monoisotopic (exact) mass is 345 g/mol. The first kappa shape index (κ1) is 16.9. The van der Waals surface area contributed by atoms with E-state index in [0.29, 0.717) is 5.92 Å². The number of hydrogen-bond acceptors (Lipinski definition) is 4. The summed E-state index contributed by atoms with van der Waals surface area (Å²) in [5.41, 5.74) is 0.477. The number of nitrogens with one attached hydrogen (secondary N) is 1. The molecule has 0 saturated heterocycles. The lowest BCUT2D eigenvalue weighted by Crippen LogP contribution is -2.43. The first-order valence-corrected chi connectivity index (χ1v) is 9.29. The van der Waals surface area contributed by atoms with Gasteiger partial charge in [0.2, 0.25) is 5.91 Å². The van der Waals surface area contributed by atoms with Gasteiger partial charge in [0.15, 0.2) is 0 Å². The van der Waals surface area contributed by atoms with E-state index >= 15 is 0 Å². The van der Waals surface area contributed by atoms with E-state index in [1.165, 1.54) is 22.0 Å². The van der Waals surface area contributed by atoms with E-state index in [-0.39, 0.29) is 24.1 Å². The zero-order valence-electron chi connectivity index (χ0n) is 14.1. The molecule has 1 saturated carbocycles. The second kappa shape index (κ2) is 7.30. The number of carbonyl (C=O) groups excluding carboxylic acids is 1. The van der Waals surface area contributed by atoms with Crippen LogP contribution in [0.25, 0.3) is 10.6 Å². The molecule has 0 aliphatic heterocycles. The van der Waals surface area contributed by atoms with Crippen LogP contribution in [0.5, 0.6) is 0 Å². The van der Waals surface area contributed by atoms with E-state index in [0.717, 1.165) is 29.8 Å². The minimum Gasteiger partial charge on any atom is -0.351 e. The molecule has 1 N–H and O–H groups in total. The Morgan fingerprint density at radius 2 is 2.08 bits per heavy atom. The normalized spacial score (nSPS) is 20.8. The van der Waals surface area contributed by atoms with E-state index in [9.17, 15) is 9.59 Å². The Balaban J connectivity index is 1.72. The number of amides is 1. The molecule has 0 bridgehead atoms. The topological polar surface area (TPSA) is 64.0 Å². The number of aromatic nitrogens is 2. The van der Waals surface area contributed by atoms with Crippen LogP contribution in [0.4, 0.5) is 0 Å². The van der Waals surface area contributed by atoms with Crippen molar-refractivity contribution >= 4 is 17.2 Å². The van der Waals surface area contributed by atoms with Crippen LogP contribution in [0, 0.1) is 12.8 Å². The Kier molecular flexibility index (Phi) is 5.14. The van der Waals surface area contributed by atoms with Crippen molar-refractivity contribution in [2.24, 2.45) is 5.92 Å². The molecule has 5 nitrogen and oxygen atoms in total. The lowest BCUT2D eigenvalue weighted by Gasteiger charge is -2.29. The lowest BCUT2D eigenvalue weighted by molar-refractivity contribution is -0.123. The first-order valence-electron chi connectivity index (χ1n) is 8.47. The van der Waals surface area contributed by atoms with Gasteiger partial charge in [0.1, 0.15) is 12.2 Å². The molecule has 2 aromatic heterocycles. The third kappa shape index (κ3) is 3.93. The van der Waals surface area contributed by atoms with Crippen LogP contribution in [-0.4, -0.2) is 21.7 Å². The van der Waals surface area contributed by atoms with Crippen LogP contribution < -0.4 is 10.9 Å². The molecule has 24 heavy (non-hydrogen) atoms. The molecule has 128 valence electrons. The lowest BCUT2D eigenvalue weighted by atomic mass is 9.86. The molecule has 0 radical (unpaired) electrons. The van der Waals surface area contributed by atoms with Crippen molar-refractivity contribution in [3.05, 3.63) is 39.5 Å². The summed E-state index contributed by atoms with van der Waals surface area (Å²) in [4.78, 5) is 26.5. The fraction of sp³-hybridized carbons (Fsp3) is 0.500. The number of thiophene rings is 1. The van der Waals surface area contributed by atoms with Gasteiger partial charge in [-0.25, -0.2) is 4.68 Å². The Labute approximate surface area is 145 Å². The van der Waals surface area contributed by atoms with Gasteiger partial charge >= 0.3 is 0 Å². The highest BCUT2D eigenvalue weighted by Gasteiger charge is 2.23. The van der Waals surface area contributed by atoms with E-state index in [4.69, 9.17) is 0 Å². The smallest absolute Gasteiger partial charge is 0.267 e. The molecule has 3 rings (SSSR count). The predicted octanol–water partition coefficient (Wildman–Crippen LogP) is 2.98. The highest BCUT2D eigenvalue weighted by molar-refractivity contribution is 7.15. The molecule has 1 amide bonds. The van der Waals surface area contributed by atoms with E-state index in [1.807, 2.05) is 19.1 Å². The first-order chi connectivity index (χ1) is 11.5. The van der Waals surface area contributed by atoms with Crippen molar-refractivity contribution in [2.45, 2.75) is 52.1 Å². The van der Waals surface area contributed by atoms with Gasteiger partial charge in [-0.3, -0.25) is 9.59 Å². The van der Waals surface area contributed by atoms with Gasteiger partial charge in [-0.05, 0) is 43.9 Å². The summed E-state index contributed by atoms with van der Waals surface area (Å²) in [6.45, 7) is 4.18. The second-order valence-electron chi connectivity index (χ2n) is 6.56. The van der Waals surface area contributed by atoms with Gasteiger partial charge in [-0.2, -0.15) is 5.10 Å². The summed E-state index contributed by atoms with van der Waals surface area (Å²) in [6.07, 6.45) is 4.55. The van der Waals surface area contributed by atoms with Crippen LogP contribution in [0.3, 0.4) is 0 Å². The maximum absolute atomic E-state index is 12.3. The van der Waals surface area contributed by atoms with E-state index in [2.05, 4.69) is 17.3 Å². The number of rotatable bonds is 4. The number of carbonyl (C=O) groups is 1. The second-order valence-corrected chi connectivity index (χ2v) is 7.85. The maximum atomic E-state index is 12.3. The van der Waals surface area contributed by atoms with Crippen molar-refractivity contribution in [1.82, 2.24) is 15.1 Å². The minimum atomic E-state index is -0.251. The molecular formula is C18H23N3O2S. The molecule has 1 fully saturated rings. The average molecular weight is 345 g/mol. The van der Waals surface area contributed by atoms with Gasteiger partial charge in [0.25, 0.3) is 5.56 Å². The average Bonchev–Trinajstić information content (AvgIpc) is 2.98. The molecule has 1 aliphatic carbocycles. The fourth-order valence-electron chi connectivity index (χ4n) is 3.18. The van der Waals surface area contributed by atoms with Gasteiger partial charge in [-0.1, -0.05) is 19.8 Å². The van der Waals surface area contributed by atoms with Crippen molar-refractivity contribution in [3.63, 3.8) is 0 Å². The van der Waals surface area contributed by atoms with E-state index in [1.54, 1.807) is 17.4 Å². The van der Waals surface area contributed by atoms with Gasteiger partial charge < -0.3 is 5.32 Å². The van der Waals surface area contributed by atoms with Crippen LogP contribution in [0.15, 0.2) is 29.1 Å². The Bertz CT molecular complexity index is 781. The Morgan fingerprint density at radius 1 is 1.29 bits per heavy atom. The summed E-state index contributed by atoms with van der Waals surface area (Å²) in [5.74, 6) is 0.357. The zero-order chi connectivity index (χ0) is 17.1. The van der Waals surface area contributed by atoms with Crippen molar-refractivity contribution in [3.8, 4) is 10.6 Å². The molecule has 0 unspecified atom stereocenters. The third-order valence-electron chi connectivity index (χ3n) is 4.61. The molecule has 0 aromatic carbocycles. The maximum Gasteiger partial charge on any atom is 0.267 e. The zero-order valence-corrected chi connectivity index (χ0v) is 14.9. The summed E-state index contributed by atoms with van der Waals surface area (Å²) in [7, 11) is 0. The highest BCUT2D eigenvalue weighted by Crippen LogP contribution is 2.25. The molecule has 2 aromatic rings. The van der Waals surface area contributed by atoms with Gasteiger partial charge in [0, 0.05) is 17.0 Å². The summed E-state index contributed by atoms with van der Waals surface area (Å²) < 4.78 is 1.26. The van der Waals surface area contributed by atoms with Gasteiger partial charge in [0.05, 0.1) is 4.88 Å². The molecule has 2 atom stereocenters. The highest BCUT2D eigenvalue weighted by atomic mass is 32.1. The summed E-state index contributed by atoms with van der Waals surface area (Å²) >= 11 is 1.62. The molecule has 2 heterocycles. The van der Waals surface area contributed by atoms with Gasteiger partial charge in [-0.15, -0.1) is 11.3 Å². The SMILES string of the molecule is Cc1ccc(-c2ccc(=O)n(CC(=O)N[C@@H]3CCCC[C@@H]3C)n2)s1. The Morgan fingerprint density at radius 3 is 2.79 bits per heavy atom. The minimum absolute atomic E-state index is 0.0275. The van der Waals surface area contributed by atoms with Crippen molar-refractivity contribution < 1.29 is 4.79 Å². The predicted molar refractivity (Wildman–Crippen MR) is 96.1 cm³/mol. The third-order valence-corrected chi connectivity index (χ3v) is 5.63. The standard InChI is InChI=1S/C18H23N3O2S/c1-12-5-3-4-6-14(12)19-17(22)11-21-18(23)10-8-15(20-21)16-9-7-13(2)24-16/h7-10,12,14H,3-6,11H2,1-2H3,(H,19,22)/t12-,14+/m0/s1. The van der Waals surface area contributed by atoms with Crippen LogP contribution in [0.1, 0.15) is 37.5 Å².